The van der Waals surface area contributed by atoms with Gasteiger partial charge in [-0.05, 0) is 35.2 Å². The standard InChI is InChI=1S/C19H26N2O2S2/c1-3-14(4-2)18(15-8-6-12-24-15)21-17(22)10-5-11-20-19(23)16-9-7-13-25-16/h6-9,12-14,18H,3-5,10-11H2,1-2H3,(H,20,23)(H,21,22). The number of thiophene rings is 2. The molecule has 2 heterocycles. The minimum absolute atomic E-state index is 0.0515. The summed E-state index contributed by atoms with van der Waals surface area (Å²) in [6.07, 6.45) is 3.14. The highest BCUT2D eigenvalue weighted by Crippen LogP contribution is 2.30. The van der Waals surface area contributed by atoms with Crippen LogP contribution in [-0.4, -0.2) is 18.4 Å². The average molecular weight is 379 g/mol. The molecule has 2 N–H and O–H groups in total. The van der Waals surface area contributed by atoms with Crippen LogP contribution in [0.15, 0.2) is 35.0 Å². The molecule has 0 bridgehead atoms. The SMILES string of the molecule is CCC(CC)C(NC(=O)CCCNC(=O)c1cccs1)c1cccs1. The van der Waals surface area contributed by atoms with Crippen molar-refractivity contribution in [2.75, 3.05) is 6.54 Å². The van der Waals surface area contributed by atoms with Gasteiger partial charge < -0.3 is 10.6 Å². The third kappa shape index (κ3) is 5.97. The van der Waals surface area contributed by atoms with Crippen LogP contribution in [0, 0.1) is 5.92 Å². The molecule has 1 unspecified atom stereocenters. The number of carbonyl (C=O) groups is 2. The van der Waals surface area contributed by atoms with Gasteiger partial charge in [0.25, 0.3) is 5.91 Å². The number of carbonyl (C=O) groups excluding carboxylic acids is 2. The van der Waals surface area contributed by atoms with Crippen molar-refractivity contribution in [3.63, 3.8) is 0 Å². The maximum Gasteiger partial charge on any atom is 0.261 e. The Morgan fingerprint density at radius 2 is 1.80 bits per heavy atom. The molecule has 4 nitrogen and oxygen atoms in total. The van der Waals surface area contributed by atoms with Crippen LogP contribution in [0.2, 0.25) is 0 Å². The Morgan fingerprint density at radius 3 is 2.40 bits per heavy atom. The predicted molar refractivity (Wildman–Crippen MR) is 105 cm³/mol. The van der Waals surface area contributed by atoms with E-state index >= 15 is 0 Å². The molecule has 136 valence electrons. The van der Waals surface area contributed by atoms with E-state index in [0.717, 1.165) is 12.8 Å². The fourth-order valence-electron chi connectivity index (χ4n) is 2.84. The maximum absolute atomic E-state index is 12.3. The van der Waals surface area contributed by atoms with Crippen LogP contribution in [0.25, 0.3) is 0 Å². The lowest BCUT2D eigenvalue weighted by atomic mass is 9.93. The van der Waals surface area contributed by atoms with Gasteiger partial charge in [-0.25, -0.2) is 0 Å². The van der Waals surface area contributed by atoms with Gasteiger partial charge in [-0.1, -0.05) is 38.8 Å². The molecule has 2 aromatic rings. The largest absolute Gasteiger partial charge is 0.351 e. The van der Waals surface area contributed by atoms with Gasteiger partial charge in [-0.2, -0.15) is 0 Å². The van der Waals surface area contributed by atoms with Crippen molar-refractivity contribution in [3.8, 4) is 0 Å². The summed E-state index contributed by atoms with van der Waals surface area (Å²) in [7, 11) is 0. The van der Waals surface area contributed by atoms with Gasteiger partial charge in [0.1, 0.15) is 0 Å². The third-order valence-electron chi connectivity index (χ3n) is 4.30. The summed E-state index contributed by atoms with van der Waals surface area (Å²) in [5.74, 6) is 0.431. The number of amides is 2. The molecule has 0 aliphatic rings. The molecule has 0 aliphatic carbocycles. The van der Waals surface area contributed by atoms with Crippen molar-refractivity contribution in [1.29, 1.82) is 0 Å². The van der Waals surface area contributed by atoms with Crippen molar-refractivity contribution < 1.29 is 9.59 Å². The number of nitrogens with one attached hydrogen (secondary N) is 2. The molecule has 25 heavy (non-hydrogen) atoms. The van der Waals surface area contributed by atoms with Gasteiger partial charge in [0, 0.05) is 17.8 Å². The fraction of sp³-hybridized carbons (Fsp3) is 0.474. The molecule has 2 aromatic heterocycles. The van der Waals surface area contributed by atoms with Crippen LogP contribution in [0.5, 0.6) is 0 Å². The Labute approximate surface area is 157 Å². The zero-order valence-electron chi connectivity index (χ0n) is 14.8. The van der Waals surface area contributed by atoms with Crippen LogP contribution in [0.3, 0.4) is 0 Å². The minimum Gasteiger partial charge on any atom is -0.351 e. The highest BCUT2D eigenvalue weighted by Gasteiger charge is 2.23. The van der Waals surface area contributed by atoms with Crippen LogP contribution in [-0.2, 0) is 4.79 Å². The van der Waals surface area contributed by atoms with E-state index in [1.54, 1.807) is 17.4 Å². The molecule has 0 radical (unpaired) electrons. The lowest BCUT2D eigenvalue weighted by Gasteiger charge is -2.25. The summed E-state index contributed by atoms with van der Waals surface area (Å²) in [5, 5.41) is 9.99. The topological polar surface area (TPSA) is 58.2 Å². The fourth-order valence-corrected chi connectivity index (χ4v) is 4.35. The summed E-state index contributed by atoms with van der Waals surface area (Å²) in [6, 6.07) is 7.86. The summed E-state index contributed by atoms with van der Waals surface area (Å²) in [5.41, 5.74) is 0. The van der Waals surface area contributed by atoms with Crippen molar-refractivity contribution in [2.24, 2.45) is 5.92 Å². The van der Waals surface area contributed by atoms with Crippen LogP contribution in [0.4, 0.5) is 0 Å². The number of rotatable bonds is 10. The molecule has 0 spiro atoms. The van der Waals surface area contributed by atoms with E-state index in [9.17, 15) is 9.59 Å². The Kier molecular flexibility index (Phi) is 8.15. The van der Waals surface area contributed by atoms with Crippen LogP contribution in [0.1, 0.15) is 60.1 Å². The van der Waals surface area contributed by atoms with Gasteiger partial charge in [0.05, 0.1) is 10.9 Å². The van der Waals surface area contributed by atoms with E-state index < -0.39 is 0 Å². The van der Waals surface area contributed by atoms with Crippen LogP contribution < -0.4 is 10.6 Å². The molecule has 2 amide bonds. The lowest BCUT2D eigenvalue weighted by molar-refractivity contribution is -0.122. The second kappa shape index (κ2) is 10.4. The van der Waals surface area contributed by atoms with Crippen molar-refractivity contribution in [2.45, 2.75) is 45.6 Å². The second-order valence-corrected chi connectivity index (χ2v) is 7.90. The monoisotopic (exact) mass is 378 g/mol. The van der Waals surface area contributed by atoms with Gasteiger partial charge >= 0.3 is 0 Å². The van der Waals surface area contributed by atoms with E-state index in [1.807, 2.05) is 17.5 Å². The quantitative estimate of drug-likeness (QED) is 0.593. The predicted octanol–water partition coefficient (Wildman–Crippen LogP) is 4.61. The van der Waals surface area contributed by atoms with Crippen LogP contribution >= 0.6 is 22.7 Å². The normalized spacial score (nSPS) is 12.1. The first-order chi connectivity index (χ1) is 12.2. The summed E-state index contributed by atoms with van der Waals surface area (Å²) in [6.45, 7) is 4.85. The molecule has 2 rings (SSSR count). The maximum atomic E-state index is 12.3. The molecule has 6 heteroatoms. The first-order valence-corrected chi connectivity index (χ1v) is 10.6. The molecule has 1 atom stereocenters. The van der Waals surface area contributed by atoms with Gasteiger partial charge in [-0.3, -0.25) is 9.59 Å². The van der Waals surface area contributed by atoms with E-state index in [4.69, 9.17) is 0 Å². The van der Waals surface area contributed by atoms with E-state index in [1.165, 1.54) is 16.2 Å². The van der Waals surface area contributed by atoms with Crippen molar-refractivity contribution in [1.82, 2.24) is 10.6 Å². The van der Waals surface area contributed by atoms with Crippen molar-refractivity contribution in [3.05, 3.63) is 44.8 Å². The minimum atomic E-state index is -0.0658. The van der Waals surface area contributed by atoms with Crippen molar-refractivity contribution >= 4 is 34.5 Å². The smallest absolute Gasteiger partial charge is 0.261 e. The van der Waals surface area contributed by atoms with E-state index in [-0.39, 0.29) is 17.9 Å². The van der Waals surface area contributed by atoms with Gasteiger partial charge in [0.15, 0.2) is 0 Å². The second-order valence-electron chi connectivity index (χ2n) is 5.97. The number of hydrogen-bond acceptors (Lipinski definition) is 4. The first-order valence-electron chi connectivity index (χ1n) is 8.80. The van der Waals surface area contributed by atoms with Gasteiger partial charge in [-0.15, -0.1) is 22.7 Å². The summed E-state index contributed by atoms with van der Waals surface area (Å²) in [4.78, 5) is 26.1. The molecular weight excluding hydrogens is 352 g/mol. The zero-order valence-corrected chi connectivity index (χ0v) is 16.4. The Bertz CT molecular complexity index is 634. The number of hydrogen-bond donors (Lipinski definition) is 2. The Balaban J connectivity index is 1.78. The molecule has 0 saturated heterocycles. The third-order valence-corrected chi connectivity index (χ3v) is 6.12. The molecule has 0 saturated carbocycles. The average Bonchev–Trinajstić information content (AvgIpc) is 3.32. The Hall–Kier alpha value is -1.66. The molecule has 0 aromatic carbocycles. The van der Waals surface area contributed by atoms with E-state index in [2.05, 4.69) is 35.9 Å². The lowest BCUT2D eigenvalue weighted by Crippen LogP contribution is -2.33. The molecule has 0 aliphatic heterocycles. The zero-order chi connectivity index (χ0) is 18.1. The highest BCUT2D eigenvalue weighted by atomic mass is 32.1. The first kappa shape index (κ1) is 19.7. The van der Waals surface area contributed by atoms with Gasteiger partial charge in [0.2, 0.25) is 5.91 Å². The van der Waals surface area contributed by atoms with E-state index in [0.29, 0.717) is 30.2 Å². The summed E-state index contributed by atoms with van der Waals surface area (Å²) < 4.78 is 0. The summed E-state index contributed by atoms with van der Waals surface area (Å²) >= 11 is 3.11. The highest BCUT2D eigenvalue weighted by molar-refractivity contribution is 7.12. The molecule has 0 fully saturated rings. The molecular formula is C19H26N2O2S2. The Morgan fingerprint density at radius 1 is 1.08 bits per heavy atom.